The summed E-state index contributed by atoms with van der Waals surface area (Å²) in [5.74, 6) is -0.650. The van der Waals surface area contributed by atoms with Crippen molar-refractivity contribution in [1.29, 1.82) is 0 Å². The van der Waals surface area contributed by atoms with Gasteiger partial charge in [0, 0.05) is 18.1 Å². The fourth-order valence-electron chi connectivity index (χ4n) is 2.39. The Morgan fingerprint density at radius 1 is 1.20 bits per heavy atom. The third-order valence-corrected chi connectivity index (χ3v) is 3.30. The highest BCUT2D eigenvalue weighted by Gasteiger charge is 2.36. The van der Waals surface area contributed by atoms with Gasteiger partial charge < -0.3 is 5.73 Å². The highest BCUT2D eigenvalue weighted by Crippen LogP contribution is 2.28. The molecular weight excluding hydrogens is 254 g/mol. The highest BCUT2D eigenvalue weighted by atomic mass is 16.2. The minimum atomic E-state index is -0.343. The predicted molar refractivity (Wildman–Crippen MR) is 74.0 cm³/mol. The van der Waals surface area contributed by atoms with Gasteiger partial charge in [-0.15, -0.1) is 0 Å². The molecule has 1 aromatic carbocycles. The lowest BCUT2D eigenvalue weighted by atomic mass is 10.1. The van der Waals surface area contributed by atoms with E-state index in [2.05, 4.69) is 4.98 Å². The van der Waals surface area contributed by atoms with Gasteiger partial charge in [0.05, 0.1) is 17.7 Å². The lowest BCUT2D eigenvalue weighted by Gasteiger charge is -2.13. The number of anilines is 1. The van der Waals surface area contributed by atoms with Crippen molar-refractivity contribution in [2.75, 3.05) is 5.73 Å². The first-order valence-electron chi connectivity index (χ1n) is 6.23. The number of carbonyl (C=O) groups is 2. The fourth-order valence-corrected chi connectivity index (χ4v) is 2.39. The van der Waals surface area contributed by atoms with Crippen molar-refractivity contribution in [3.8, 4) is 0 Å². The van der Waals surface area contributed by atoms with Crippen LogP contribution in [-0.2, 0) is 6.54 Å². The van der Waals surface area contributed by atoms with Gasteiger partial charge in [0.25, 0.3) is 11.8 Å². The molecule has 1 aliphatic rings. The number of fused-ring (bicyclic) bond motifs is 1. The Bertz CT molecular complexity index is 725. The van der Waals surface area contributed by atoms with Gasteiger partial charge >= 0.3 is 0 Å². The summed E-state index contributed by atoms with van der Waals surface area (Å²) in [6, 6.07) is 6.83. The minimum Gasteiger partial charge on any atom is -0.398 e. The lowest BCUT2D eigenvalue weighted by Crippen LogP contribution is -2.29. The Kier molecular flexibility index (Phi) is 2.75. The first-order chi connectivity index (χ1) is 9.58. The number of pyridine rings is 1. The van der Waals surface area contributed by atoms with Crippen LogP contribution in [0.2, 0.25) is 0 Å². The standard InChI is InChI=1S/C15H13N3O2/c1-9-5-10(7-17-6-9)8-18-14(19)11-3-2-4-12(16)13(11)15(18)20/h2-7H,8,16H2,1H3. The zero-order chi connectivity index (χ0) is 14.3. The van der Waals surface area contributed by atoms with Crippen molar-refractivity contribution in [2.24, 2.45) is 0 Å². The second-order valence-electron chi connectivity index (χ2n) is 4.84. The van der Waals surface area contributed by atoms with E-state index < -0.39 is 0 Å². The maximum atomic E-state index is 12.3. The molecule has 5 nitrogen and oxygen atoms in total. The summed E-state index contributed by atoms with van der Waals surface area (Å²) < 4.78 is 0. The molecule has 1 aromatic heterocycles. The minimum absolute atomic E-state index is 0.209. The van der Waals surface area contributed by atoms with E-state index >= 15 is 0 Å². The van der Waals surface area contributed by atoms with Crippen LogP contribution in [0.4, 0.5) is 5.69 Å². The number of hydrogen-bond acceptors (Lipinski definition) is 4. The van der Waals surface area contributed by atoms with Crippen molar-refractivity contribution >= 4 is 17.5 Å². The van der Waals surface area contributed by atoms with Crippen molar-refractivity contribution < 1.29 is 9.59 Å². The van der Waals surface area contributed by atoms with Crippen LogP contribution in [0.25, 0.3) is 0 Å². The summed E-state index contributed by atoms with van der Waals surface area (Å²) in [6.07, 6.45) is 3.38. The van der Waals surface area contributed by atoms with Gasteiger partial charge in [0.2, 0.25) is 0 Å². The normalized spacial score (nSPS) is 13.8. The molecular formula is C15H13N3O2. The maximum Gasteiger partial charge on any atom is 0.263 e. The molecule has 0 bridgehead atoms. The number of amides is 2. The molecule has 100 valence electrons. The van der Waals surface area contributed by atoms with E-state index in [1.807, 2.05) is 13.0 Å². The van der Waals surface area contributed by atoms with Gasteiger partial charge in [-0.2, -0.15) is 0 Å². The van der Waals surface area contributed by atoms with E-state index in [1.54, 1.807) is 30.6 Å². The van der Waals surface area contributed by atoms with Crippen LogP contribution in [0.5, 0.6) is 0 Å². The summed E-state index contributed by atoms with van der Waals surface area (Å²) in [5, 5.41) is 0. The number of nitrogens with two attached hydrogens (primary N) is 1. The van der Waals surface area contributed by atoms with Crippen LogP contribution in [0.3, 0.4) is 0 Å². The lowest BCUT2D eigenvalue weighted by molar-refractivity contribution is 0.0642. The van der Waals surface area contributed by atoms with Crippen LogP contribution in [0, 0.1) is 6.92 Å². The summed E-state index contributed by atoms with van der Waals surface area (Å²) in [5.41, 5.74) is 8.61. The molecule has 2 amide bonds. The Labute approximate surface area is 116 Å². The highest BCUT2D eigenvalue weighted by molar-refractivity contribution is 6.23. The number of carbonyl (C=O) groups excluding carboxylic acids is 2. The smallest absolute Gasteiger partial charge is 0.263 e. The number of benzene rings is 1. The second kappa shape index (κ2) is 4.45. The molecule has 0 saturated heterocycles. The Morgan fingerprint density at radius 2 is 2.00 bits per heavy atom. The van der Waals surface area contributed by atoms with E-state index in [0.29, 0.717) is 16.8 Å². The third kappa shape index (κ3) is 1.84. The van der Waals surface area contributed by atoms with Gasteiger partial charge in [-0.25, -0.2) is 0 Å². The Balaban J connectivity index is 1.96. The summed E-state index contributed by atoms with van der Waals surface area (Å²) >= 11 is 0. The molecule has 3 rings (SSSR count). The van der Waals surface area contributed by atoms with Crippen molar-refractivity contribution in [3.63, 3.8) is 0 Å². The van der Waals surface area contributed by atoms with Gasteiger partial charge in [0.1, 0.15) is 0 Å². The molecule has 1 aliphatic heterocycles. The van der Waals surface area contributed by atoms with Gasteiger partial charge in [-0.05, 0) is 30.2 Å². The zero-order valence-electron chi connectivity index (χ0n) is 11.0. The average molecular weight is 267 g/mol. The molecule has 2 aromatic rings. The monoisotopic (exact) mass is 267 g/mol. The molecule has 0 atom stereocenters. The molecule has 2 heterocycles. The molecule has 20 heavy (non-hydrogen) atoms. The fraction of sp³-hybridized carbons (Fsp3) is 0.133. The van der Waals surface area contributed by atoms with E-state index in [9.17, 15) is 9.59 Å². The molecule has 0 radical (unpaired) electrons. The molecule has 0 saturated carbocycles. The predicted octanol–water partition coefficient (Wildman–Crippen LogP) is 1.77. The van der Waals surface area contributed by atoms with Crippen molar-refractivity contribution in [3.05, 3.63) is 58.9 Å². The largest absolute Gasteiger partial charge is 0.398 e. The second-order valence-corrected chi connectivity index (χ2v) is 4.84. The van der Waals surface area contributed by atoms with Crippen LogP contribution in [-0.4, -0.2) is 21.7 Å². The number of imide groups is 1. The Morgan fingerprint density at radius 3 is 2.70 bits per heavy atom. The van der Waals surface area contributed by atoms with E-state index in [1.165, 1.54) is 4.90 Å². The molecule has 0 fully saturated rings. The van der Waals surface area contributed by atoms with Gasteiger partial charge in [-0.3, -0.25) is 19.5 Å². The summed E-state index contributed by atoms with van der Waals surface area (Å²) in [4.78, 5) is 29.9. The van der Waals surface area contributed by atoms with E-state index in [4.69, 9.17) is 5.73 Å². The van der Waals surface area contributed by atoms with Crippen molar-refractivity contribution in [1.82, 2.24) is 9.88 Å². The summed E-state index contributed by atoms with van der Waals surface area (Å²) in [7, 11) is 0. The zero-order valence-corrected chi connectivity index (χ0v) is 11.0. The van der Waals surface area contributed by atoms with Crippen LogP contribution < -0.4 is 5.73 Å². The topological polar surface area (TPSA) is 76.3 Å². The number of aryl methyl sites for hydroxylation is 1. The SMILES string of the molecule is Cc1cncc(CN2C(=O)c3cccc(N)c3C2=O)c1. The van der Waals surface area contributed by atoms with Crippen LogP contribution in [0.15, 0.2) is 36.7 Å². The average Bonchev–Trinajstić information content (AvgIpc) is 2.65. The number of nitrogen functional groups attached to an aromatic ring is 1. The first kappa shape index (κ1) is 12.3. The Hall–Kier alpha value is -2.69. The molecule has 5 heteroatoms. The third-order valence-electron chi connectivity index (χ3n) is 3.30. The molecule has 0 spiro atoms. The van der Waals surface area contributed by atoms with Crippen molar-refractivity contribution in [2.45, 2.75) is 13.5 Å². The number of rotatable bonds is 2. The quantitative estimate of drug-likeness (QED) is 0.664. The number of nitrogens with zero attached hydrogens (tertiary/aromatic N) is 2. The summed E-state index contributed by atoms with van der Waals surface area (Å²) in [6.45, 7) is 2.12. The number of aromatic nitrogens is 1. The van der Waals surface area contributed by atoms with E-state index in [0.717, 1.165) is 11.1 Å². The molecule has 2 N–H and O–H groups in total. The van der Waals surface area contributed by atoms with Gasteiger partial charge in [-0.1, -0.05) is 12.1 Å². The number of hydrogen-bond donors (Lipinski definition) is 1. The van der Waals surface area contributed by atoms with Crippen LogP contribution in [0.1, 0.15) is 31.8 Å². The first-order valence-corrected chi connectivity index (χ1v) is 6.23. The maximum absolute atomic E-state index is 12.3. The van der Waals surface area contributed by atoms with E-state index in [-0.39, 0.29) is 18.4 Å². The van der Waals surface area contributed by atoms with Crippen LogP contribution >= 0.6 is 0 Å². The molecule has 0 unspecified atom stereocenters. The van der Waals surface area contributed by atoms with Gasteiger partial charge in [0.15, 0.2) is 0 Å². The molecule has 0 aliphatic carbocycles.